The zero-order valence-electron chi connectivity index (χ0n) is 26.1. The molecule has 39 heavy (non-hydrogen) atoms. The van der Waals surface area contributed by atoms with Crippen molar-refractivity contribution in [1.82, 2.24) is 0 Å². The Morgan fingerprint density at radius 2 is 1.67 bits per heavy atom. The molecule has 2 N–H and O–H groups in total. The second-order valence-corrected chi connectivity index (χ2v) is 15.0. The molecule has 0 saturated heterocycles. The third-order valence-electron chi connectivity index (χ3n) is 11.9. The summed E-state index contributed by atoms with van der Waals surface area (Å²) in [4.78, 5) is 24.4. The first-order valence-electron chi connectivity index (χ1n) is 16.1. The molecule has 0 radical (unpaired) electrons. The number of esters is 2. The van der Waals surface area contributed by atoms with Crippen molar-refractivity contribution < 1.29 is 19.1 Å². The standard InChI is InChI=1S/C34H57NO4/c1-20(2)30(39-31(36)21(3)4)14-9-22(5)27-12-13-28-26-11-10-24-19-25(38-32(37)23(6)35)15-17-33(24,7)29(26)16-18-34(27,28)8/h10,20-23,25-30H,9,11-19,35H2,1-8H3/t22-,23+,25+,26+,27-,28+,29+,30?,33+,34-/m1/s1. The van der Waals surface area contributed by atoms with Gasteiger partial charge in [0.15, 0.2) is 0 Å². The SMILES string of the molecule is CC(C)C(=O)OC(CC[C@@H](C)[C@H]1CC[C@H]2[C@@H]3CC=C4C[C@@H](OC(=O)[C@H](C)N)CC[C@]4(C)[C@H]3CC[C@]12C)C(C)C. The first-order chi connectivity index (χ1) is 18.3. The smallest absolute Gasteiger partial charge is 0.322 e. The van der Waals surface area contributed by atoms with E-state index in [0.29, 0.717) is 17.3 Å². The highest BCUT2D eigenvalue weighted by Crippen LogP contribution is 2.67. The Hall–Kier alpha value is -1.36. The van der Waals surface area contributed by atoms with E-state index in [-0.39, 0.29) is 35.5 Å². The van der Waals surface area contributed by atoms with Gasteiger partial charge in [0.25, 0.3) is 0 Å². The van der Waals surface area contributed by atoms with Gasteiger partial charge in [0, 0.05) is 6.42 Å². The number of allylic oxidation sites excluding steroid dienone is 1. The summed E-state index contributed by atoms with van der Waals surface area (Å²) in [6.07, 6.45) is 14.2. The minimum Gasteiger partial charge on any atom is -0.462 e. The Labute approximate surface area is 238 Å². The van der Waals surface area contributed by atoms with Gasteiger partial charge in [0.1, 0.15) is 18.2 Å². The molecule has 3 fully saturated rings. The van der Waals surface area contributed by atoms with E-state index < -0.39 is 6.04 Å². The lowest BCUT2D eigenvalue weighted by Gasteiger charge is -2.58. The molecule has 4 aliphatic rings. The number of hydrogen-bond donors (Lipinski definition) is 1. The molecule has 0 spiro atoms. The number of ether oxygens (including phenoxy) is 2. The molecule has 5 heteroatoms. The predicted octanol–water partition coefficient (Wildman–Crippen LogP) is 7.46. The molecular formula is C34H57NO4. The van der Waals surface area contributed by atoms with Crippen molar-refractivity contribution in [3.63, 3.8) is 0 Å². The van der Waals surface area contributed by atoms with Crippen LogP contribution in [0.25, 0.3) is 0 Å². The fourth-order valence-electron chi connectivity index (χ4n) is 9.42. The van der Waals surface area contributed by atoms with E-state index in [1.54, 1.807) is 12.5 Å². The summed E-state index contributed by atoms with van der Waals surface area (Å²) in [5.74, 6) is 3.67. The zero-order chi connectivity index (χ0) is 28.7. The van der Waals surface area contributed by atoms with Crippen LogP contribution in [0.1, 0.15) is 120 Å². The molecule has 0 aliphatic heterocycles. The van der Waals surface area contributed by atoms with E-state index in [1.165, 1.54) is 32.1 Å². The number of nitrogens with two attached hydrogens (primary N) is 1. The maximum atomic E-state index is 12.3. The predicted molar refractivity (Wildman–Crippen MR) is 157 cm³/mol. The van der Waals surface area contributed by atoms with Gasteiger partial charge in [-0.15, -0.1) is 0 Å². The van der Waals surface area contributed by atoms with Crippen LogP contribution < -0.4 is 5.73 Å². The largest absolute Gasteiger partial charge is 0.462 e. The lowest BCUT2D eigenvalue weighted by Crippen LogP contribution is -2.51. The van der Waals surface area contributed by atoms with Gasteiger partial charge in [-0.2, -0.15) is 0 Å². The molecule has 3 saturated carbocycles. The van der Waals surface area contributed by atoms with Crippen molar-refractivity contribution >= 4 is 11.9 Å². The molecular weight excluding hydrogens is 486 g/mol. The maximum Gasteiger partial charge on any atom is 0.322 e. The van der Waals surface area contributed by atoms with Crippen molar-refractivity contribution in [1.29, 1.82) is 0 Å². The summed E-state index contributed by atoms with van der Waals surface area (Å²) in [6.45, 7) is 17.5. The highest BCUT2D eigenvalue weighted by molar-refractivity contribution is 5.75. The number of fused-ring (bicyclic) bond motifs is 5. The Bertz CT molecular complexity index is 924. The van der Waals surface area contributed by atoms with Crippen LogP contribution >= 0.6 is 0 Å². The summed E-state index contributed by atoms with van der Waals surface area (Å²) in [7, 11) is 0. The topological polar surface area (TPSA) is 78.6 Å². The highest BCUT2D eigenvalue weighted by atomic mass is 16.5. The van der Waals surface area contributed by atoms with Crippen LogP contribution in [0, 0.1) is 52.3 Å². The van der Waals surface area contributed by atoms with Crippen LogP contribution in [0.15, 0.2) is 11.6 Å². The second kappa shape index (κ2) is 11.9. The molecule has 4 aliphatic carbocycles. The zero-order valence-corrected chi connectivity index (χ0v) is 26.1. The highest BCUT2D eigenvalue weighted by Gasteiger charge is 2.59. The maximum absolute atomic E-state index is 12.3. The van der Waals surface area contributed by atoms with Gasteiger partial charge in [0.2, 0.25) is 0 Å². The number of carbonyl (C=O) groups is 2. The van der Waals surface area contributed by atoms with Crippen molar-refractivity contribution in [2.24, 2.45) is 58.0 Å². The summed E-state index contributed by atoms with van der Waals surface area (Å²) in [6, 6.07) is -0.553. The van der Waals surface area contributed by atoms with Crippen LogP contribution in [0.4, 0.5) is 0 Å². The minimum absolute atomic E-state index is 0.0144. The number of rotatable bonds is 9. The molecule has 222 valence electrons. The lowest BCUT2D eigenvalue weighted by atomic mass is 9.47. The van der Waals surface area contributed by atoms with Crippen molar-refractivity contribution in [3.8, 4) is 0 Å². The number of carbonyl (C=O) groups excluding carboxylic acids is 2. The summed E-state index contributed by atoms with van der Waals surface area (Å²) in [5.41, 5.74) is 7.96. The van der Waals surface area contributed by atoms with E-state index in [1.807, 2.05) is 13.8 Å². The summed E-state index contributed by atoms with van der Waals surface area (Å²) < 4.78 is 11.7. The molecule has 1 unspecified atom stereocenters. The van der Waals surface area contributed by atoms with Crippen LogP contribution in [0.5, 0.6) is 0 Å². The van der Waals surface area contributed by atoms with E-state index in [2.05, 4.69) is 40.7 Å². The minimum atomic E-state index is -0.553. The van der Waals surface area contributed by atoms with E-state index in [0.717, 1.165) is 55.8 Å². The van der Waals surface area contributed by atoms with E-state index in [9.17, 15) is 9.59 Å². The van der Waals surface area contributed by atoms with E-state index >= 15 is 0 Å². The average molecular weight is 544 g/mol. The molecule has 0 aromatic rings. The quantitative estimate of drug-likeness (QED) is 0.241. The summed E-state index contributed by atoms with van der Waals surface area (Å²) >= 11 is 0. The Balaban J connectivity index is 1.41. The Kier molecular flexibility index (Phi) is 9.30. The molecule has 0 aromatic heterocycles. The van der Waals surface area contributed by atoms with Crippen molar-refractivity contribution in [2.45, 2.75) is 138 Å². The van der Waals surface area contributed by atoms with Crippen LogP contribution in [0.3, 0.4) is 0 Å². The lowest BCUT2D eigenvalue weighted by molar-refractivity contribution is -0.156. The van der Waals surface area contributed by atoms with Crippen molar-refractivity contribution in [2.75, 3.05) is 0 Å². The Morgan fingerprint density at radius 1 is 0.949 bits per heavy atom. The average Bonchev–Trinajstić information content (AvgIpc) is 3.23. The molecule has 4 rings (SSSR count). The molecule has 10 atom stereocenters. The van der Waals surface area contributed by atoms with Crippen LogP contribution in [0.2, 0.25) is 0 Å². The molecule has 5 nitrogen and oxygen atoms in total. The summed E-state index contributed by atoms with van der Waals surface area (Å²) in [5, 5.41) is 0. The molecule has 0 bridgehead atoms. The monoisotopic (exact) mass is 543 g/mol. The second-order valence-electron chi connectivity index (χ2n) is 15.0. The van der Waals surface area contributed by atoms with Gasteiger partial charge < -0.3 is 15.2 Å². The van der Waals surface area contributed by atoms with Gasteiger partial charge in [-0.3, -0.25) is 9.59 Å². The molecule has 0 heterocycles. The van der Waals surface area contributed by atoms with Gasteiger partial charge in [0.05, 0.1) is 5.92 Å². The normalized spacial score (nSPS) is 38.2. The first-order valence-corrected chi connectivity index (χ1v) is 16.1. The van der Waals surface area contributed by atoms with Gasteiger partial charge in [-0.05, 0) is 111 Å². The van der Waals surface area contributed by atoms with Gasteiger partial charge in [-0.1, -0.05) is 60.1 Å². The van der Waals surface area contributed by atoms with E-state index in [4.69, 9.17) is 15.2 Å². The molecule has 0 aromatic carbocycles. The van der Waals surface area contributed by atoms with Crippen molar-refractivity contribution in [3.05, 3.63) is 11.6 Å². The van der Waals surface area contributed by atoms with Gasteiger partial charge >= 0.3 is 11.9 Å². The van der Waals surface area contributed by atoms with Crippen LogP contribution in [-0.4, -0.2) is 30.2 Å². The van der Waals surface area contributed by atoms with Gasteiger partial charge in [-0.25, -0.2) is 0 Å². The third-order valence-corrected chi connectivity index (χ3v) is 11.9. The number of hydrogen-bond acceptors (Lipinski definition) is 5. The fraction of sp³-hybridized carbons (Fsp3) is 0.882. The molecule has 0 amide bonds. The third kappa shape index (κ3) is 5.99. The first kappa shape index (κ1) is 30.6. The Morgan fingerprint density at radius 3 is 2.31 bits per heavy atom. The van der Waals surface area contributed by atoms with Crippen LogP contribution in [-0.2, 0) is 19.1 Å². The fourth-order valence-corrected chi connectivity index (χ4v) is 9.42.